The fourth-order valence-corrected chi connectivity index (χ4v) is 3.25. The molecule has 0 radical (unpaired) electrons. The van der Waals surface area contributed by atoms with Gasteiger partial charge in [-0.25, -0.2) is 4.68 Å². The summed E-state index contributed by atoms with van der Waals surface area (Å²) in [6.07, 6.45) is -0.0672. The molecule has 2 heterocycles. The number of aromatic nitrogens is 2. The van der Waals surface area contributed by atoms with Crippen molar-refractivity contribution in [1.82, 2.24) is 20.4 Å². The Balaban J connectivity index is 1.59. The number of fused-ring (bicyclic) bond motifs is 1. The molecule has 1 atom stereocenters. The Labute approximate surface area is 153 Å². The highest BCUT2D eigenvalue weighted by Crippen LogP contribution is 2.23. The molecule has 1 amide bonds. The summed E-state index contributed by atoms with van der Waals surface area (Å²) >= 11 is 0. The first-order chi connectivity index (χ1) is 12.6. The van der Waals surface area contributed by atoms with E-state index in [0.29, 0.717) is 12.2 Å². The number of nitrogens with one attached hydrogen (secondary N) is 2. The largest absolute Gasteiger partial charge is 0.347 e. The highest BCUT2D eigenvalue weighted by molar-refractivity contribution is 5.94. The molecule has 2 N–H and O–H groups in total. The zero-order chi connectivity index (χ0) is 18.1. The quantitative estimate of drug-likeness (QED) is 0.763. The van der Waals surface area contributed by atoms with E-state index in [-0.39, 0.29) is 12.1 Å². The summed E-state index contributed by atoms with van der Waals surface area (Å²) in [5.74, 6) is -0.0792. The minimum absolute atomic E-state index is 0.0672. The Morgan fingerprint density at radius 3 is 2.69 bits per heavy atom. The van der Waals surface area contributed by atoms with Crippen LogP contribution in [0.2, 0.25) is 0 Å². The van der Waals surface area contributed by atoms with Gasteiger partial charge in [-0.2, -0.15) is 5.10 Å². The molecule has 0 unspecified atom stereocenters. The van der Waals surface area contributed by atoms with E-state index >= 15 is 0 Å². The van der Waals surface area contributed by atoms with E-state index in [1.54, 1.807) is 0 Å². The summed E-state index contributed by atoms with van der Waals surface area (Å²) in [7, 11) is 0. The number of aryl methyl sites for hydroxylation is 2. The van der Waals surface area contributed by atoms with Crippen LogP contribution in [0.15, 0.2) is 54.6 Å². The lowest BCUT2D eigenvalue weighted by Gasteiger charge is -2.25. The van der Waals surface area contributed by atoms with Crippen molar-refractivity contribution in [3.63, 3.8) is 0 Å². The number of carbonyl (C=O) groups is 1. The third-order valence-electron chi connectivity index (χ3n) is 4.69. The average Bonchev–Trinajstić information content (AvgIpc) is 3.08. The predicted molar refractivity (Wildman–Crippen MR) is 102 cm³/mol. The average molecular weight is 346 g/mol. The zero-order valence-corrected chi connectivity index (χ0v) is 15.0. The monoisotopic (exact) mass is 346 g/mol. The molecule has 2 aromatic carbocycles. The molecule has 4 rings (SSSR count). The minimum atomic E-state index is -0.0792. The number of rotatable bonds is 4. The Hall–Kier alpha value is -2.92. The van der Waals surface area contributed by atoms with Gasteiger partial charge in [0.25, 0.3) is 5.91 Å². The van der Waals surface area contributed by atoms with Gasteiger partial charge in [-0.05, 0) is 25.5 Å². The van der Waals surface area contributed by atoms with Crippen molar-refractivity contribution >= 4 is 5.91 Å². The number of hydrogen-bond donors (Lipinski definition) is 2. The van der Waals surface area contributed by atoms with Crippen LogP contribution in [0.4, 0.5) is 0 Å². The fourth-order valence-electron chi connectivity index (χ4n) is 3.25. The van der Waals surface area contributed by atoms with E-state index in [4.69, 9.17) is 5.10 Å². The van der Waals surface area contributed by atoms with Crippen LogP contribution in [0.25, 0.3) is 11.3 Å². The standard InChI is InChI=1S/C21H22N4O/c1-14-6-8-17(9-7-14)18-11-19-21(26)23-13-20(25(19)24-18)22-12-16-5-3-4-15(2)10-16/h3-11,20,22H,12-13H2,1-2H3,(H,23,26)/t20-/m0/s1. The Kier molecular flexibility index (Phi) is 4.31. The van der Waals surface area contributed by atoms with Gasteiger partial charge < -0.3 is 5.32 Å². The summed E-state index contributed by atoms with van der Waals surface area (Å²) in [4.78, 5) is 12.2. The van der Waals surface area contributed by atoms with Crippen LogP contribution >= 0.6 is 0 Å². The van der Waals surface area contributed by atoms with Gasteiger partial charge in [-0.15, -0.1) is 0 Å². The van der Waals surface area contributed by atoms with Crippen molar-refractivity contribution in [3.05, 3.63) is 77.0 Å². The molecule has 132 valence electrons. The molecule has 1 aliphatic rings. The molecule has 26 heavy (non-hydrogen) atoms. The van der Waals surface area contributed by atoms with Crippen molar-refractivity contribution in [3.8, 4) is 11.3 Å². The predicted octanol–water partition coefficient (Wildman–Crippen LogP) is 3.20. The highest BCUT2D eigenvalue weighted by atomic mass is 16.2. The SMILES string of the molecule is Cc1ccc(-c2cc3n(n2)[C@H](NCc2cccc(C)c2)CNC3=O)cc1. The second-order valence-electron chi connectivity index (χ2n) is 6.82. The Morgan fingerprint density at radius 1 is 1.12 bits per heavy atom. The van der Waals surface area contributed by atoms with Crippen LogP contribution in [0.5, 0.6) is 0 Å². The van der Waals surface area contributed by atoms with Gasteiger partial charge in [0.15, 0.2) is 0 Å². The van der Waals surface area contributed by atoms with Crippen LogP contribution in [0, 0.1) is 13.8 Å². The van der Waals surface area contributed by atoms with Crippen molar-refractivity contribution in [2.24, 2.45) is 0 Å². The van der Waals surface area contributed by atoms with Crippen LogP contribution in [-0.4, -0.2) is 22.2 Å². The summed E-state index contributed by atoms with van der Waals surface area (Å²) in [5.41, 5.74) is 6.08. The van der Waals surface area contributed by atoms with Crippen LogP contribution in [0.1, 0.15) is 33.3 Å². The summed E-state index contributed by atoms with van der Waals surface area (Å²) in [6.45, 7) is 5.39. The van der Waals surface area contributed by atoms with Crippen molar-refractivity contribution in [2.75, 3.05) is 6.54 Å². The molecule has 0 fully saturated rings. The molecule has 0 spiro atoms. The van der Waals surface area contributed by atoms with Crippen molar-refractivity contribution < 1.29 is 4.79 Å². The topological polar surface area (TPSA) is 59.0 Å². The van der Waals surface area contributed by atoms with E-state index in [2.05, 4.69) is 60.9 Å². The lowest BCUT2D eigenvalue weighted by Crippen LogP contribution is -2.45. The number of benzene rings is 2. The smallest absolute Gasteiger partial charge is 0.269 e. The molecule has 5 nitrogen and oxygen atoms in total. The molecule has 0 saturated heterocycles. The van der Waals surface area contributed by atoms with Gasteiger partial charge >= 0.3 is 0 Å². The maximum atomic E-state index is 12.2. The zero-order valence-electron chi connectivity index (χ0n) is 15.0. The molecule has 0 aliphatic carbocycles. The van der Waals surface area contributed by atoms with Gasteiger partial charge in [0.2, 0.25) is 0 Å². The van der Waals surface area contributed by atoms with Gasteiger partial charge in [0.1, 0.15) is 11.9 Å². The summed E-state index contributed by atoms with van der Waals surface area (Å²) in [5, 5.41) is 11.2. The van der Waals surface area contributed by atoms with E-state index < -0.39 is 0 Å². The summed E-state index contributed by atoms with van der Waals surface area (Å²) < 4.78 is 1.81. The van der Waals surface area contributed by atoms with Crippen LogP contribution in [0.3, 0.4) is 0 Å². The Morgan fingerprint density at radius 2 is 1.92 bits per heavy atom. The van der Waals surface area contributed by atoms with E-state index in [1.807, 2.05) is 22.9 Å². The molecule has 1 aromatic heterocycles. The molecule has 3 aromatic rings. The van der Waals surface area contributed by atoms with Gasteiger partial charge in [0.05, 0.1) is 12.2 Å². The minimum Gasteiger partial charge on any atom is -0.347 e. The lowest BCUT2D eigenvalue weighted by atomic mass is 10.1. The van der Waals surface area contributed by atoms with Gasteiger partial charge in [-0.3, -0.25) is 10.1 Å². The van der Waals surface area contributed by atoms with E-state index in [0.717, 1.165) is 17.8 Å². The van der Waals surface area contributed by atoms with Gasteiger partial charge in [-0.1, -0.05) is 59.7 Å². The number of carbonyl (C=O) groups excluding carboxylic acids is 1. The molecule has 0 saturated carbocycles. The highest BCUT2D eigenvalue weighted by Gasteiger charge is 2.27. The first-order valence-corrected chi connectivity index (χ1v) is 8.84. The maximum absolute atomic E-state index is 12.2. The first-order valence-electron chi connectivity index (χ1n) is 8.84. The second-order valence-corrected chi connectivity index (χ2v) is 6.82. The first kappa shape index (κ1) is 16.5. The fraction of sp³-hybridized carbons (Fsp3) is 0.238. The van der Waals surface area contributed by atoms with Crippen molar-refractivity contribution in [1.29, 1.82) is 0 Å². The second kappa shape index (κ2) is 6.77. The summed E-state index contributed by atoms with van der Waals surface area (Å²) in [6, 6.07) is 18.5. The number of nitrogens with zero attached hydrogens (tertiary/aromatic N) is 2. The molecular formula is C21H22N4O. The Bertz CT molecular complexity index is 943. The molecule has 5 heteroatoms. The lowest BCUT2D eigenvalue weighted by molar-refractivity contribution is 0.0900. The number of amides is 1. The normalized spacial score (nSPS) is 16.2. The third kappa shape index (κ3) is 3.26. The maximum Gasteiger partial charge on any atom is 0.269 e. The van der Waals surface area contributed by atoms with E-state index in [9.17, 15) is 4.79 Å². The molecular weight excluding hydrogens is 324 g/mol. The van der Waals surface area contributed by atoms with Crippen molar-refractivity contribution in [2.45, 2.75) is 26.6 Å². The van der Waals surface area contributed by atoms with E-state index in [1.165, 1.54) is 16.7 Å². The molecule has 0 bridgehead atoms. The third-order valence-corrected chi connectivity index (χ3v) is 4.69. The van der Waals surface area contributed by atoms with Crippen LogP contribution in [-0.2, 0) is 6.54 Å². The van der Waals surface area contributed by atoms with Crippen LogP contribution < -0.4 is 10.6 Å². The molecule has 1 aliphatic heterocycles. The number of hydrogen-bond acceptors (Lipinski definition) is 3. The van der Waals surface area contributed by atoms with Gasteiger partial charge in [0, 0.05) is 12.1 Å².